The summed E-state index contributed by atoms with van der Waals surface area (Å²) in [6.07, 6.45) is -5.67. The van der Waals surface area contributed by atoms with E-state index in [1.54, 1.807) is 13.8 Å². The highest BCUT2D eigenvalue weighted by molar-refractivity contribution is 4.94. The Kier molecular flexibility index (Phi) is 2.44. The first-order valence-corrected chi connectivity index (χ1v) is 3.48. The molecule has 0 aliphatic carbocycles. The van der Waals surface area contributed by atoms with Crippen molar-refractivity contribution in [1.82, 2.24) is 10.1 Å². The number of alkyl halides is 3. The van der Waals surface area contributed by atoms with E-state index in [-0.39, 0.29) is 11.7 Å². The second kappa shape index (κ2) is 3.23. The van der Waals surface area contributed by atoms with Crippen LogP contribution in [-0.4, -0.2) is 16.5 Å². The van der Waals surface area contributed by atoms with E-state index < -0.39 is 12.4 Å². The zero-order valence-corrected chi connectivity index (χ0v) is 6.92. The van der Waals surface area contributed by atoms with Gasteiger partial charge in [-0.15, -0.1) is 13.2 Å². The van der Waals surface area contributed by atoms with Crippen LogP contribution in [0.3, 0.4) is 0 Å². The zero-order chi connectivity index (χ0) is 10.1. The summed E-state index contributed by atoms with van der Waals surface area (Å²) < 4.78 is 42.4. The molecule has 4 nitrogen and oxygen atoms in total. The molecule has 0 saturated carbocycles. The van der Waals surface area contributed by atoms with Crippen molar-refractivity contribution in [3.05, 3.63) is 5.82 Å². The highest BCUT2D eigenvalue weighted by Gasteiger charge is 2.34. The molecule has 0 radical (unpaired) electrons. The number of nitrogens with zero attached hydrogens (tertiary/aromatic N) is 2. The molecule has 0 aliphatic heterocycles. The van der Waals surface area contributed by atoms with Crippen LogP contribution in [0.25, 0.3) is 0 Å². The van der Waals surface area contributed by atoms with E-state index in [1.807, 2.05) is 0 Å². The monoisotopic (exact) mass is 196 g/mol. The van der Waals surface area contributed by atoms with Crippen LogP contribution in [0.1, 0.15) is 25.6 Å². The molecule has 0 bridgehead atoms. The van der Waals surface area contributed by atoms with Crippen molar-refractivity contribution in [2.24, 2.45) is 0 Å². The molecule has 0 aliphatic rings. The van der Waals surface area contributed by atoms with Gasteiger partial charge in [-0.3, -0.25) is 4.52 Å². The van der Waals surface area contributed by atoms with Gasteiger partial charge in [-0.25, -0.2) is 0 Å². The average molecular weight is 196 g/mol. The van der Waals surface area contributed by atoms with Crippen LogP contribution >= 0.6 is 0 Å². The molecule has 0 N–H and O–H groups in total. The third kappa shape index (κ3) is 2.92. The van der Waals surface area contributed by atoms with Crippen molar-refractivity contribution >= 4 is 0 Å². The van der Waals surface area contributed by atoms with E-state index in [0.717, 1.165) is 0 Å². The van der Waals surface area contributed by atoms with Gasteiger partial charge in [0, 0.05) is 5.92 Å². The van der Waals surface area contributed by atoms with Crippen LogP contribution in [-0.2, 0) is 0 Å². The van der Waals surface area contributed by atoms with Crippen LogP contribution in [0.4, 0.5) is 13.2 Å². The lowest BCUT2D eigenvalue weighted by atomic mass is 10.2. The summed E-state index contributed by atoms with van der Waals surface area (Å²) >= 11 is 0. The molecule has 13 heavy (non-hydrogen) atoms. The van der Waals surface area contributed by atoms with Crippen molar-refractivity contribution in [3.63, 3.8) is 0 Å². The number of rotatable bonds is 2. The first-order chi connectivity index (χ1) is 5.88. The number of aromatic nitrogens is 2. The van der Waals surface area contributed by atoms with E-state index in [0.29, 0.717) is 0 Å². The van der Waals surface area contributed by atoms with Gasteiger partial charge >= 0.3 is 12.4 Å². The van der Waals surface area contributed by atoms with Crippen LogP contribution in [0, 0.1) is 0 Å². The van der Waals surface area contributed by atoms with Gasteiger partial charge in [-0.05, 0) is 0 Å². The van der Waals surface area contributed by atoms with Gasteiger partial charge < -0.3 is 4.74 Å². The Labute approximate surface area is 71.7 Å². The summed E-state index contributed by atoms with van der Waals surface area (Å²) in [7, 11) is 0. The summed E-state index contributed by atoms with van der Waals surface area (Å²) in [4.78, 5) is 3.38. The third-order valence-electron chi connectivity index (χ3n) is 1.14. The minimum absolute atomic E-state index is 0.102. The molecule has 0 atom stereocenters. The van der Waals surface area contributed by atoms with E-state index in [1.165, 1.54) is 0 Å². The summed E-state index contributed by atoms with van der Waals surface area (Å²) in [5.74, 6) is 0.0774. The largest absolute Gasteiger partial charge is 0.576 e. The highest BCUT2D eigenvalue weighted by atomic mass is 19.4. The molecule has 0 amide bonds. The lowest BCUT2D eigenvalue weighted by Crippen LogP contribution is -2.17. The maximum Gasteiger partial charge on any atom is 0.576 e. The minimum Gasteiger partial charge on any atom is -0.355 e. The fraction of sp³-hybridized carbons (Fsp3) is 0.667. The van der Waals surface area contributed by atoms with Crippen molar-refractivity contribution in [2.75, 3.05) is 0 Å². The summed E-state index contributed by atoms with van der Waals surface area (Å²) in [6, 6.07) is 0. The Bertz CT molecular complexity index is 282. The van der Waals surface area contributed by atoms with Gasteiger partial charge in [0.05, 0.1) is 0 Å². The normalized spacial score (nSPS) is 12.2. The number of hydrogen-bond acceptors (Lipinski definition) is 4. The standard InChI is InChI=1S/C6H7F3N2O2/c1-3(2)4-10-5(13-11-4)12-6(7,8)9/h3H,1-2H3. The smallest absolute Gasteiger partial charge is 0.355 e. The molecule has 0 aromatic carbocycles. The second-order valence-corrected chi connectivity index (χ2v) is 2.62. The van der Waals surface area contributed by atoms with Crippen LogP contribution < -0.4 is 4.74 Å². The fourth-order valence-electron chi connectivity index (χ4n) is 0.595. The maximum absolute atomic E-state index is 11.6. The molecule has 7 heteroatoms. The second-order valence-electron chi connectivity index (χ2n) is 2.62. The molecule has 0 spiro atoms. The molecule has 74 valence electrons. The van der Waals surface area contributed by atoms with E-state index >= 15 is 0 Å². The number of hydrogen-bond donors (Lipinski definition) is 0. The lowest BCUT2D eigenvalue weighted by Gasteiger charge is -2.01. The molecule has 1 aromatic heterocycles. The van der Waals surface area contributed by atoms with Crippen LogP contribution in [0.2, 0.25) is 0 Å². The number of ether oxygens (including phenoxy) is 1. The molecule has 1 aromatic rings. The molecule has 1 heterocycles. The molecular weight excluding hydrogens is 189 g/mol. The van der Waals surface area contributed by atoms with Crippen molar-refractivity contribution < 1.29 is 22.4 Å². The van der Waals surface area contributed by atoms with Gasteiger partial charge in [-0.1, -0.05) is 19.0 Å². The predicted octanol–water partition coefficient (Wildman–Crippen LogP) is 2.09. The number of halogens is 3. The molecule has 0 unspecified atom stereocenters. The minimum atomic E-state index is -4.79. The Morgan fingerprint density at radius 3 is 2.38 bits per heavy atom. The highest BCUT2D eigenvalue weighted by Crippen LogP contribution is 2.22. The molecule has 1 rings (SSSR count). The quantitative estimate of drug-likeness (QED) is 0.726. The maximum atomic E-state index is 11.6. The Balaban J connectivity index is 2.70. The van der Waals surface area contributed by atoms with Crippen LogP contribution in [0.15, 0.2) is 4.52 Å². The molecule has 0 saturated heterocycles. The Morgan fingerprint density at radius 1 is 1.38 bits per heavy atom. The topological polar surface area (TPSA) is 48.2 Å². The third-order valence-corrected chi connectivity index (χ3v) is 1.14. The van der Waals surface area contributed by atoms with E-state index in [9.17, 15) is 13.2 Å². The van der Waals surface area contributed by atoms with E-state index in [2.05, 4.69) is 19.4 Å². The summed E-state index contributed by atoms with van der Waals surface area (Å²) in [5, 5.41) is 3.29. The predicted molar refractivity (Wildman–Crippen MR) is 35.1 cm³/mol. The SMILES string of the molecule is CC(C)c1noc(OC(F)(F)F)n1. The Morgan fingerprint density at radius 2 is 2.00 bits per heavy atom. The zero-order valence-electron chi connectivity index (χ0n) is 6.92. The first-order valence-electron chi connectivity index (χ1n) is 3.48. The summed E-state index contributed by atoms with van der Waals surface area (Å²) in [6.45, 7) is 3.45. The van der Waals surface area contributed by atoms with Gasteiger partial charge in [0.2, 0.25) is 0 Å². The van der Waals surface area contributed by atoms with Crippen molar-refractivity contribution in [2.45, 2.75) is 26.1 Å². The van der Waals surface area contributed by atoms with Gasteiger partial charge in [-0.2, -0.15) is 4.98 Å². The molecule has 0 fully saturated rings. The van der Waals surface area contributed by atoms with Crippen LogP contribution in [0.5, 0.6) is 6.08 Å². The van der Waals surface area contributed by atoms with E-state index in [4.69, 9.17) is 0 Å². The fourth-order valence-corrected chi connectivity index (χ4v) is 0.595. The van der Waals surface area contributed by atoms with Crippen molar-refractivity contribution in [1.29, 1.82) is 0 Å². The lowest BCUT2D eigenvalue weighted by molar-refractivity contribution is -0.283. The van der Waals surface area contributed by atoms with Gasteiger partial charge in [0.1, 0.15) is 0 Å². The molecular formula is C6H7F3N2O2. The Hall–Kier alpha value is -1.27. The summed E-state index contributed by atoms with van der Waals surface area (Å²) in [5.41, 5.74) is 0. The van der Waals surface area contributed by atoms with Gasteiger partial charge in [0.15, 0.2) is 5.82 Å². The van der Waals surface area contributed by atoms with Crippen molar-refractivity contribution in [3.8, 4) is 6.08 Å². The van der Waals surface area contributed by atoms with Gasteiger partial charge in [0.25, 0.3) is 0 Å². The first kappa shape index (κ1) is 9.82. The average Bonchev–Trinajstić information content (AvgIpc) is 2.31.